The van der Waals surface area contributed by atoms with E-state index in [0.29, 0.717) is 101 Å². The molecule has 0 spiro atoms. The lowest BCUT2D eigenvalue weighted by Crippen LogP contribution is -2.20. The quantitative estimate of drug-likeness (QED) is 0.0163. The van der Waals surface area contributed by atoms with Gasteiger partial charge in [0.05, 0.1) is 61.8 Å². The molecule has 2 aliphatic heterocycles. The van der Waals surface area contributed by atoms with Crippen molar-refractivity contribution in [3.05, 3.63) is 186 Å². The Kier molecular flexibility index (Phi) is 58.3. The zero-order valence-electron chi connectivity index (χ0n) is 79.6. The Labute approximate surface area is 762 Å². The van der Waals surface area contributed by atoms with Gasteiger partial charge in [0.25, 0.3) is 0 Å². The zero-order chi connectivity index (χ0) is 98.3. The first-order chi connectivity index (χ1) is 60.2. The number of ether oxygens (including phenoxy) is 4. The van der Waals surface area contributed by atoms with E-state index in [1.807, 2.05) is 91.8 Å². The molecule has 0 amide bonds. The number of phenolic OH excluding ortho intramolecular Hbond substituents is 4. The lowest BCUT2D eigenvalue weighted by molar-refractivity contribution is -0.148. The van der Waals surface area contributed by atoms with Gasteiger partial charge in [0.15, 0.2) is 11.6 Å². The first-order valence-electron chi connectivity index (χ1n) is 44.0. The molecule has 710 valence electrons. The van der Waals surface area contributed by atoms with Gasteiger partial charge in [-0.15, -0.1) is 0 Å². The van der Waals surface area contributed by atoms with Crippen LogP contribution in [0.3, 0.4) is 0 Å². The van der Waals surface area contributed by atoms with Crippen molar-refractivity contribution in [1.82, 2.24) is 0 Å². The molecule has 0 aliphatic carbocycles. The van der Waals surface area contributed by atoms with Crippen LogP contribution in [-0.4, -0.2) is 154 Å². The molecule has 0 saturated carbocycles. The highest BCUT2D eigenvalue weighted by Crippen LogP contribution is 2.31. The van der Waals surface area contributed by atoms with Crippen LogP contribution in [0.2, 0.25) is 0 Å². The minimum absolute atomic E-state index is 0.000000000000000222. The van der Waals surface area contributed by atoms with Gasteiger partial charge < -0.3 is 78.7 Å². The van der Waals surface area contributed by atoms with Crippen molar-refractivity contribution < 1.29 is 127 Å². The summed E-state index contributed by atoms with van der Waals surface area (Å²) >= 11 is 0. The third kappa shape index (κ3) is 60.7. The first-order valence-corrected chi connectivity index (χ1v) is 44.0. The number of carbonyl (C=O) groups is 15. The number of benzene rings is 6. The summed E-state index contributed by atoms with van der Waals surface area (Å²) in [6, 6.07) is 28.8. The van der Waals surface area contributed by atoms with Gasteiger partial charge in [0, 0.05) is 88.3 Å². The second kappa shape index (κ2) is 64.1. The topological polar surface area (TPSA) is 435 Å². The summed E-state index contributed by atoms with van der Waals surface area (Å²) in [4.78, 5) is 165. The number of Topliss-reactive ketones (excluding diaryl/α,β-unsaturated/α-hetero) is 9. The Bertz CT molecular complexity index is 4290. The van der Waals surface area contributed by atoms with E-state index in [4.69, 9.17) is 44.5 Å². The summed E-state index contributed by atoms with van der Waals surface area (Å²) in [7, 11) is 0. The van der Waals surface area contributed by atoms with Crippen LogP contribution >= 0.6 is 0 Å². The molecule has 5 unspecified atom stereocenters. The number of phenols is 4. The highest BCUT2D eigenvalue weighted by atomic mass is 16.6. The second-order valence-corrected chi connectivity index (χ2v) is 33.8. The molecule has 0 bridgehead atoms. The molecule has 26 heteroatoms. The maximum Gasteiger partial charge on any atom is 0.310 e. The number of rotatable bonds is 30. The van der Waals surface area contributed by atoms with Crippen LogP contribution in [-0.2, 0) is 120 Å². The molecule has 2 heterocycles. The van der Waals surface area contributed by atoms with Crippen LogP contribution in [0.15, 0.2) is 97.1 Å². The van der Waals surface area contributed by atoms with Gasteiger partial charge in [-0.25, -0.2) is 0 Å². The summed E-state index contributed by atoms with van der Waals surface area (Å²) in [5.74, 6) is -2.43. The molecule has 2 aliphatic rings. The van der Waals surface area contributed by atoms with Crippen LogP contribution in [0.5, 0.6) is 23.0 Å². The molecule has 0 radical (unpaired) electrons. The van der Waals surface area contributed by atoms with E-state index in [1.165, 1.54) is 49.2 Å². The summed E-state index contributed by atoms with van der Waals surface area (Å²) in [5, 5.41) is 62.7. The average molecular weight is 1800 g/mol. The lowest BCUT2D eigenvalue weighted by Gasteiger charge is -2.18. The molecule has 26 nitrogen and oxygen atoms in total. The minimum atomic E-state index is -0.837. The number of hydrogen-bond acceptors (Lipinski definition) is 24. The van der Waals surface area contributed by atoms with Gasteiger partial charge in [-0.05, 0) is 273 Å². The van der Waals surface area contributed by atoms with Crippen molar-refractivity contribution in [3.63, 3.8) is 0 Å². The molecule has 129 heavy (non-hydrogen) atoms. The number of aryl methyl sites for hydroxylation is 8. The van der Waals surface area contributed by atoms with Gasteiger partial charge in [-0.3, -0.25) is 47.9 Å². The Morgan fingerprint density at radius 3 is 1.02 bits per heavy atom. The van der Waals surface area contributed by atoms with Crippen molar-refractivity contribution in [2.24, 2.45) is 0 Å². The second-order valence-electron chi connectivity index (χ2n) is 33.8. The van der Waals surface area contributed by atoms with E-state index >= 15 is 0 Å². The Hall–Kier alpha value is -11.7. The predicted molar refractivity (Wildman–Crippen MR) is 495 cm³/mol. The molecule has 7 N–H and O–H groups in total. The lowest BCUT2D eigenvalue weighted by atomic mass is 9.91. The standard InChI is InChI=1S/C17H24O3.C16H22O4.C16H20O3.C14H16O5.C11H14O.C9H10O3.C7H14O2.C7H12O2.C6H10O3/c1-12-8-13(2)10-16(9-12)11-17(19)20-15(4)7-5-6-14(3)18;1-11-7-12(2)9-14(8-11)10-16(19)20-13(3)5-4-6-15(17)18;1-10-7-11(2)16-13(8-10)9-15(18)19-12(3)5-4-6-14(16)17;1-8-3-2-4-11(16)14-9(6-13(18)19-8)5-10(15)7-12(14)17;1-8-4-9(2)6-11(5-8)7-10(3)12;1-6(10)2-7-3-8(11)5-9(12)4-7;2*1-6(8)4-3-5-7(2)9;1-5(7)3-2-4-6(8)9/h8-10,15H,5-7,11H2,1-4H3;7-9,13H,4-6,10H2,1-3H3,(H,17,18);7-8,12H,4-6,9H2,1-3H3;5,7-8,15,17H,2-4,6H2,1H3;4-6H,7H2,1-3H3;3-5,11-12H,2H2,1H3;6,8H,3-5H2,1-2H3;3-5H2,1-2H3;2-4H2,1H3,(H,8,9). The molecule has 8 rings (SSSR count). The maximum absolute atomic E-state index is 12.3. The maximum atomic E-state index is 12.3. The number of esters is 4. The number of fused-ring (bicyclic) bond motifs is 2. The molecule has 6 aromatic carbocycles. The number of aliphatic hydroxyl groups is 1. The fraction of sp³-hybridized carbons (Fsp3) is 0.505. The summed E-state index contributed by atoms with van der Waals surface area (Å²) in [6.07, 6.45) is 12.1. The summed E-state index contributed by atoms with van der Waals surface area (Å²) in [5.41, 5.74) is 14.7. The number of cyclic esters (lactones) is 2. The first kappa shape index (κ1) is 117. The van der Waals surface area contributed by atoms with Gasteiger partial charge >= 0.3 is 35.8 Å². The van der Waals surface area contributed by atoms with E-state index < -0.39 is 17.9 Å². The molecule has 6 aromatic rings. The van der Waals surface area contributed by atoms with Crippen molar-refractivity contribution in [2.45, 2.75) is 342 Å². The Morgan fingerprint density at radius 2 is 0.667 bits per heavy atom. The third-order valence-corrected chi connectivity index (χ3v) is 19.0. The number of carboxylic acid groups (broad SMARTS) is 2. The van der Waals surface area contributed by atoms with Crippen LogP contribution < -0.4 is 0 Å². The van der Waals surface area contributed by atoms with Crippen LogP contribution in [0.25, 0.3) is 0 Å². The number of aliphatic carboxylic acids is 2. The van der Waals surface area contributed by atoms with E-state index in [0.717, 1.165) is 106 Å². The van der Waals surface area contributed by atoms with Crippen molar-refractivity contribution in [3.8, 4) is 23.0 Å². The fourth-order valence-electron chi connectivity index (χ4n) is 13.8. The number of aliphatic hydroxyl groups excluding tert-OH is 1. The van der Waals surface area contributed by atoms with Crippen molar-refractivity contribution >= 4 is 87.9 Å². The van der Waals surface area contributed by atoms with Crippen LogP contribution in [0.1, 0.15) is 317 Å². The van der Waals surface area contributed by atoms with Crippen molar-refractivity contribution in [1.29, 1.82) is 0 Å². The van der Waals surface area contributed by atoms with E-state index in [-0.39, 0.29) is 174 Å². The van der Waals surface area contributed by atoms with Crippen LogP contribution in [0, 0.1) is 55.4 Å². The number of carbonyl (C=O) groups excluding carboxylic acids is 13. The molecule has 0 aromatic heterocycles. The third-order valence-electron chi connectivity index (χ3n) is 19.0. The van der Waals surface area contributed by atoms with Crippen molar-refractivity contribution in [2.75, 3.05) is 0 Å². The molecular weight excluding hydrogens is 1650 g/mol. The number of aromatic hydroxyl groups is 4. The Balaban J connectivity index is 0.00000145. The molecule has 5 atom stereocenters. The van der Waals surface area contributed by atoms with Gasteiger partial charge in [0.2, 0.25) is 0 Å². The summed E-state index contributed by atoms with van der Waals surface area (Å²) < 4.78 is 21.2. The number of carboxylic acids is 2. The largest absolute Gasteiger partial charge is 0.508 e. The average Bonchev–Trinajstić information content (AvgIpc) is 0.817. The van der Waals surface area contributed by atoms with Gasteiger partial charge in [-0.1, -0.05) is 106 Å². The number of ketones is 9. The zero-order valence-corrected chi connectivity index (χ0v) is 79.6. The molecular formula is C103H142O26. The summed E-state index contributed by atoms with van der Waals surface area (Å²) in [6.45, 7) is 35.9. The minimum Gasteiger partial charge on any atom is -0.508 e. The molecule has 0 fully saturated rings. The Morgan fingerprint density at radius 1 is 0.364 bits per heavy atom. The van der Waals surface area contributed by atoms with E-state index in [2.05, 4.69) is 44.2 Å². The van der Waals surface area contributed by atoms with Crippen LogP contribution in [0.4, 0.5) is 0 Å². The highest BCUT2D eigenvalue weighted by Gasteiger charge is 2.25. The SMILES string of the molecule is CC(=O)CCCC(=O)O.CC(=O)CCCC(C)=O.CC(=O)CCCC(C)O.CC(=O)CCCC(C)OC(=O)Cc1cc(C)cc(C)c1.CC(=O)Cc1cc(C)cc(C)c1.CC(=O)Cc1cc(O)cc(O)c1.CC1CCCC(=O)c2c(O)cc(O)cc2CC(=O)O1.Cc1cc(C)c2c(c1)CC(=O)OC(C)CCCC2=O.Cc1cc(C)cc(CC(=O)OC(C)CCCC(=O)O)c1. The van der Waals surface area contributed by atoms with E-state index in [1.54, 1.807) is 55.4 Å². The van der Waals surface area contributed by atoms with E-state index in [9.17, 15) is 82.1 Å². The normalized spacial score (nSPS) is 13.8. The van der Waals surface area contributed by atoms with Gasteiger partial charge in [-0.2, -0.15) is 0 Å². The molecule has 0 saturated heterocycles. The fourth-order valence-corrected chi connectivity index (χ4v) is 13.8. The smallest absolute Gasteiger partial charge is 0.310 e. The number of hydrogen-bond donors (Lipinski definition) is 7. The van der Waals surface area contributed by atoms with Gasteiger partial charge in [0.1, 0.15) is 63.5 Å². The monoisotopic (exact) mass is 1790 g/mol. The predicted octanol–water partition coefficient (Wildman–Crippen LogP) is 18.6. The highest BCUT2D eigenvalue weighted by molar-refractivity contribution is 6.01.